The van der Waals surface area contributed by atoms with Gasteiger partial charge < -0.3 is 0 Å². The van der Waals surface area contributed by atoms with Crippen molar-refractivity contribution in [3.05, 3.63) is 28.8 Å². The maximum atomic E-state index is 4.56. The minimum absolute atomic E-state index is 1.09. The SMILES string of the molecule is CCc1cc(C)c(N=C(C)C)cc1CC. The molecule has 1 rings (SSSR count). The van der Waals surface area contributed by atoms with E-state index in [1.54, 1.807) is 0 Å². The summed E-state index contributed by atoms with van der Waals surface area (Å²) in [5.74, 6) is 0. The number of hydrogen-bond donors (Lipinski definition) is 0. The Labute approximate surface area is 93.2 Å². The molecule has 0 aliphatic rings. The Hall–Kier alpha value is -1.11. The Morgan fingerprint density at radius 1 is 1.07 bits per heavy atom. The van der Waals surface area contributed by atoms with Gasteiger partial charge in [0.05, 0.1) is 5.69 Å². The summed E-state index contributed by atoms with van der Waals surface area (Å²) in [6.07, 6.45) is 2.20. The van der Waals surface area contributed by atoms with Crippen LogP contribution in [0.1, 0.15) is 44.4 Å². The molecule has 0 saturated carbocycles. The number of rotatable bonds is 3. The van der Waals surface area contributed by atoms with E-state index >= 15 is 0 Å². The second-order valence-corrected chi connectivity index (χ2v) is 4.17. The number of benzene rings is 1. The summed E-state index contributed by atoms with van der Waals surface area (Å²) in [5, 5.41) is 0. The van der Waals surface area contributed by atoms with Crippen molar-refractivity contribution >= 4 is 11.4 Å². The van der Waals surface area contributed by atoms with Crippen LogP contribution in [0.25, 0.3) is 0 Å². The third-order valence-corrected chi connectivity index (χ3v) is 2.62. The summed E-state index contributed by atoms with van der Waals surface area (Å²) in [6, 6.07) is 4.52. The molecule has 0 atom stereocenters. The summed E-state index contributed by atoms with van der Waals surface area (Å²) >= 11 is 0. The zero-order valence-corrected chi connectivity index (χ0v) is 10.5. The summed E-state index contributed by atoms with van der Waals surface area (Å²) in [6.45, 7) is 10.6. The van der Waals surface area contributed by atoms with Crippen molar-refractivity contribution in [1.82, 2.24) is 0 Å². The van der Waals surface area contributed by atoms with Crippen molar-refractivity contribution in [1.29, 1.82) is 0 Å². The topological polar surface area (TPSA) is 12.4 Å². The van der Waals surface area contributed by atoms with Crippen molar-refractivity contribution in [2.75, 3.05) is 0 Å². The van der Waals surface area contributed by atoms with Crippen molar-refractivity contribution in [3.63, 3.8) is 0 Å². The van der Waals surface area contributed by atoms with Gasteiger partial charge >= 0.3 is 0 Å². The molecule has 0 heterocycles. The predicted octanol–water partition coefficient (Wildman–Crippen LogP) is 4.23. The van der Waals surface area contributed by atoms with Gasteiger partial charge in [0.15, 0.2) is 0 Å². The van der Waals surface area contributed by atoms with Crippen LogP contribution in [0.2, 0.25) is 0 Å². The monoisotopic (exact) mass is 203 g/mol. The van der Waals surface area contributed by atoms with Gasteiger partial charge in [-0.2, -0.15) is 0 Å². The second-order valence-electron chi connectivity index (χ2n) is 4.17. The van der Waals surface area contributed by atoms with Crippen molar-refractivity contribution < 1.29 is 0 Å². The van der Waals surface area contributed by atoms with E-state index in [-0.39, 0.29) is 0 Å². The zero-order chi connectivity index (χ0) is 11.4. The fourth-order valence-electron chi connectivity index (χ4n) is 1.82. The molecular weight excluding hydrogens is 182 g/mol. The molecule has 0 amide bonds. The quantitative estimate of drug-likeness (QED) is 0.652. The van der Waals surface area contributed by atoms with E-state index in [2.05, 4.69) is 37.9 Å². The van der Waals surface area contributed by atoms with Gasteiger partial charge in [0.1, 0.15) is 0 Å². The molecule has 1 nitrogen and oxygen atoms in total. The molecule has 0 unspecified atom stereocenters. The molecule has 0 aliphatic carbocycles. The molecule has 0 aromatic heterocycles. The number of nitrogens with zero attached hydrogens (tertiary/aromatic N) is 1. The first-order chi connectivity index (χ1) is 7.08. The smallest absolute Gasteiger partial charge is 0.0660 e. The average molecular weight is 203 g/mol. The lowest BCUT2D eigenvalue weighted by Crippen LogP contribution is -1.93. The summed E-state index contributed by atoms with van der Waals surface area (Å²) in [7, 11) is 0. The lowest BCUT2D eigenvalue weighted by Gasteiger charge is -2.10. The highest BCUT2D eigenvalue weighted by Crippen LogP contribution is 2.24. The molecule has 0 aliphatic heterocycles. The first kappa shape index (κ1) is 12.0. The molecule has 15 heavy (non-hydrogen) atoms. The predicted molar refractivity (Wildman–Crippen MR) is 68.4 cm³/mol. The Bertz CT molecular complexity index is 371. The summed E-state index contributed by atoms with van der Waals surface area (Å²) < 4.78 is 0. The molecular formula is C14H21N. The van der Waals surface area contributed by atoms with Crippen LogP contribution in [0.3, 0.4) is 0 Å². The minimum Gasteiger partial charge on any atom is -0.258 e. The highest BCUT2D eigenvalue weighted by atomic mass is 14.7. The lowest BCUT2D eigenvalue weighted by atomic mass is 9.99. The van der Waals surface area contributed by atoms with Crippen LogP contribution in [0.5, 0.6) is 0 Å². The van der Waals surface area contributed by atoms with Gasteiger partial charge in [-0.25, -0.2) is 0 Å². The third-order valence-electron chi connectivity index (χ3n) is 2.62. The van der Waals surface area contributed by atoms with Gasteiger partial charge in [-0.05, 0) is 56.4 Å². The van der Waals surface area contributed by atoms with Gasteiger partial charge in [0, 0.05) is 5.71 Å². The van der Waals surface area contributed by atoms with Crippen LogP contribution in [0, 0.1) is 6.92 Å². The first-order valence-corrected chi connectivity index (χ1v) is 5.72. The van der Waals surface area contributed by atoms with Crippen LogP contribution >= 0.6 is 0 Å². The van der Waals surface area contributed by atoms with Gasteiger partial charge in [-0.15, -0.1) is 0 Å². The van der Waals surface area contributed by atoms with E-state index in [0.29, 0.717) is 0 Å². The van der Waals surface area contributed by atoms with E-state index in [1.165, 1.54) is 16.7 Å². The highest BCUT2D eigenvalue weighted by molar-refractivity contribution is 5.82. The Morgan fingerprint density at radius 3 is 2.07 bits per heavy atom. The average Bonchev–Trinajstić information content (AvgIpc) is 2.19. The molecule has 1 heteroatoms. The van der Waals surface area contributed by atoms with E-state index < -0.39 is 0 Å². The maximum Gasteiger partial charge on any atom is 0.0660 e. The van der Waals surface area contributed by atoms with Gasteiger partial charge in [0.25, 0.3) is 0 Å². The van der Waals surface area contributed by atoms with Crippen LogP contribution in [0.4, 0.5) is 5.69 Å². The molecule has 0 bridgehead atoms. The van der Waals surface area contributed by atoms with Crippen LogP contribution in [-0.2, 0) is 12.8 Å². The highest BCUT2D eigenvalue weighted by Gasteiger charge is 2.04. The van der Waals surface area contributed by atoms with Crippen LogP contribution < -0.4 is 0 Å². The van der Waals surface area contributed by atoms with Gasteiger partial charge in [-0.1, -0.05) is 19.9 Å². The van der Waals surface area contributed by atoms with E-state index in [9.17, 15) is 0 Å². The lowest BCUT2D eigenvalue weighted by molar-refractivity contribution is 1.03. The molecule has 82 valence electrons. The molecule has 0 N–H and O–H groups in total. The van der Waals surface area contributed by atoms with Crippen LogP contribution in [0.15, 0.2) is 17.1 Å². The fraction of sp³-hybridized carbons (Fsp3) is 0.500. The van der Waals surface area contributed by atoms with Crippen molar-refractivity contribution in [3.8, 4) is 0 Å². The molecule has 0 spiro atoms. The van der Waals surface area contributed by atoms with E-state index in [1.807, 2.05) is 13.8 Å². The number of hydrogen-bond acceptors (Lipinski definition) is 1. The van der Waals surface area contributed by atoms with E-state index in [4.69, 9.17) is 0 Å². The summed E-state index contributed by atoms with van der Waals surface area (Å²) in [5.41, 5.74) is 6.42. The minimum atomic E-state index is 1.09. The molecule has 0 fully saturated rings. The number of aryl methyl sites for hydroxylation is 3. The van der Waals surface area contributed by atoms with Gasteiger partial charge in [0.2, 0.25) is 0 Å². The van der Waals surface area contributed by atoms with Crippen LogP contribution in [-0.4, -0.2) is 5.71 Å². The van der Waals surface area contributed by atoms with E-state index in [0.717, 1.165) is 24.2 Å². The normalized spacial score (nSPS) is 10.2. The Kier molecular flexibility index (Phi) is 4.07. The molecule has 1 aromatic rings. The molecule has 0 saturated heterocycles. The molecule has 0 radical (unpaired) electrons. The van der Waals surface area contributed by atoms with Gasteiger partial charge in [-0.3, -0.25) is 4.99 Å². The zero-order valence-electron chi connectivity index (χ0n) is 10.5. The van der Waals surface area contributed by atoms with Crippen molar-refractivity contribution in [2.45, 2.75) is 47.5 Å². The summed E-state index contributed by atoms with van der Waals surface area (Å²) in [4.78, 5) is 4.56. The Morgan fingerprint density at radius 2 is 1.60 bits per heavy atom. The molecule has 1 aromatic carbocycles. The maximum absolute atomic E-state index is 4.56. The largest absolute Gasteiger partial charge is 0.258 e. The number of aliphatic imine (C=N–C) groups is 1. The second kappa shape index (κ2) is 5.11. The third kappa shape index (κ3) is 2.92. The first-order valence-electron chi connectivity index (χ1n) is 5.72. The fourth-order valence-corrected chi connectivity index (χ4v) is 1.82. The standard InChI is InChI=1S/C14H21N/c1-6-12-8-11(5)14(15-10(3)4)9-13(12)7-2/h8-9H,6-7H2,1-5H3. The Balaban J connectivity index is 3.26. The van der Waals surface area contributed by atoms with Crippen molar-refractivity contribution in [2.24, 2.45) is 4.99 Å².